The average Bonchev–Trinajstić information content (AvgIpc) is 3.30. The summed E-state index contributed by atoms with van der Waals surface area (Å²) in [5, 5.41) is 13.5. The van der Waals surface area contributed by atoms with Gasteiger partial charge >= 0.3 is 0 Å². The van der Waals surface area contributed by atoms with Crippen LogP contribution in [-0.2, 0) is 0 Å². The summed E-state index contributed by atoms with van der Waals surface area (Å²) in [6.07, 6.45) is -4.42. The van der Waals surface area contributed by atoms with E-state index in [9.17, 15) is 5.26 Å². The molecule has 3 heterocycles. The van der Waals surface area contributed by atoms with Gasteiger partial charge in [0.25, 0.3) is 0 Å². The Morgan fingerprint density at radius 1 is 1.57 bits per heavy atom. The van der Waals surface area contributed by atoms with Gasteiger partial charge in [-0.3, -0.25) is 4.68 Å². The summed E-state index contributed by atoms with van der Waals surface area (Å²) in [7, 11) is 0. The monoisotopic (exact) mass is 315 g/mol. The van der Waals surface area contributed by atoms with E-state index in [-0.39, 0.29) is 41.2 Å². The maximum Gasteiger partial charge on any atom is 0.162 e. The Bertz CT molecular complexity index is 1200. The van der Waals surface area contributed by atoms with Gasteiger partial charge in [-0.1, -0.05) is 12.7 Å². The molecule has 23 heavy (non-hydrogen) atoms. The largest absolute Gasteiger partial charge is 0.345 e. The number of rotatable bonds is 4. The number of nitrogens with one attached hydrogen (secondary N) is 1. The Balaban J connectivity index is 1.84. The third-order valence-electron chi connectivity index (χ3n) is 3.69. The molecule has 1 aromatic heterocycles. The van der Waals surface area contributed by atoms with Crippen molar-refractivity contribution in [2.45, 2.75) is 38.0 Å². The lowest BCUT2D eigenvalue weighted by Crippen LogP contribution is -2.17. The minimum absolute atomic E-state index is 0.0230. The number of nitriles is 1. The van der Waals surface area contributed by atoms with Crippen molar-refractivity contribution >= 4 is 0 Å². The molecule has 0 bridgehead atoms. The van der Waals surface area contributed by atoms with Gasteiger partial charge in [0.15, 0.2) is 5.82 Å². The highest BCUT2D eigenvalue weighted by Gasteiger charge is 2.27. The van der Waals surface area contributed by atoms with Crippen LogP contribution in [0.15, 0.2) is 30.9 Å². The van der Waals surface area contributed by atoms with Crippen LogP contribution in [0.2, 0.25) is 0 Å². The van der Waals surface area contributed by atoms with Gasteiger partial charge in [-0.05, 0) is 24.8 Å². The van der Waals surface area contributed by atoms with Gasteiger partial charge in [0.2, 0.25) is 0 Å². The van der Waals surface area contributed by atoms with E-state index in [2.05, 4.69) is 20.1 Å². The summed E-state index contributed by atoms with van der Waals surface area (Å²) in [5.41, 5.74) is 0.669. The normalized spacial score (nSPS) is 29.4. The van der Waals surface area contributed by atoms with Crippen LogP contribution in [0, 0.1) is 17.2 Å². The predicted molar refractivity (Wildman–Crippen MR) is 85.5 cm³/mol. The van der Waals surface area contributed by atoms with Crippen LogP contribution < -0.4 is 0 Å². The quantitative estimate of drug-likeness (QED) is 0.799. The number of nitrogens with zero attached hydrogens (tertiary/aromatic N) is 5. The first-order valence-corrected chi connectivity index (χ1v) is 7.01. The summed E-state index contributed by atoms with van der Waals surface area (Å²) >= 11 is 0. The van der Waals surface area contributed by atoms with Gasteiger partial charge in [0.05, 0.1) is 40.8 Å². The van der Waals surface area contributed by atoms with Gasteiger partial charge < -0.3 is 4.98 Å². The minimum atomic E-state index is -2.36. The summed E-state index contributed by atoms with van der Waals surface area (Å²) in [6.45, 7) is 0. The first-order chi connectivity index (χ1) is 14.7. The molecular formula is C17H18N6. The lowest BCUT2D eigenvalue weighted by Gasteiger charge is -2.21. The van der Waals surface area contributed by atoms with Crippen molar-refractivity contribution in [3.05, 3.63) is 30.9 Å². The molecule has 3 aliphatic rings. The molecule has 1 saturated carbocycles. The highest BCUT2D eigenvalue weighted by atomic mass is 15.3. The van der Waals surface area contributed by atoms with E-state index >= 15 is 0 Å². The second kappa shape index (κ2) is 5.84. The van der Waals surface area contributed by atoms with E-state index < -0.39 is 43.9 Å². The average molecular weight is 315 g/mol. The van der Waals surface area contributed by atoms with Crippen LogP contribution >= 0.6 is 0 Å². The van der Waals surface area contributed by atoms with Crippen LogP contribution in [-0.4, -0.2) is 24.7 Å². The zero-order chi connectivity index (χ0) is 23.7. The lowest BCUT2D eigenvalue weighted by atomic mass is 9.96. The molecule has 0 spiro atoms. The second-order valence-corrected chi connectivity index (χ2v) is 5.04. The van der Waals surface area contributed by atoms with E-state index in [4.69, 9.17) is 12.3 Å². The second-order valence-electron chi connectivity index (χ2n) is 5.04. The molecule has 0 amide bonds. The molecule has 0 saturated heterocycles. The minimum Gasteiger partial charge on any atom is -0.345 e. The molecule has 6 nitrogen and oxygen atoms in total. The van der Waals surface area contributed by atoms with E-state index in [1.807, 2.05) is 6.07 Å². The fourth-order valence-corrected chi connectivity index (χ4v) is 2.57. The number of aromatic nitrogens is 5. The van der Waals surface area contributed by atoms with Crippen molar-refractivity contribution in [2.75, 3.05) is 0 Å². The number of fused-ring (bicyclic) bond motifs is 1. The molecule has 1 N–H and O–H groups in total. The van der Waals surface area contributed by atoms with Crippen LogP contribution in [0.5, 0.6) is 0 Å². The molecule has 2 aliphatic heterocycles. The zero-order valence-corrected chi connectivity index (χ0v) is 12.0. The first kappa shape index (κ1) is 7.26. The van der Waals surface area contributed by atoms with Gasteiger partial charge in [-0.15, -0.1) is 0 Å². The summed E-state index contributed by atoms with van der Waals surface area (Å²) in [6, 6.07) is -0.484. The van der Waals surface area contributed by atoms with Gasteiger partial charge in [-0.25, -0.2) is 9.97 Å². The summed E-state index contributed by atoms with van der Waals surface area (Å²) in [5.74, 6) is -1.97. The highest BCUT2D eigenvalue weighted by Crippen LogP contribution is 2.37. The fraction of sp³-hybridized carbons (Fsp3) is 0.412. The van der Waals surface area contributed by atoms with Crippen LogP contribution in [0.1, 0.15) is 50.4 Å². The van der Waals surface area contributed by atoms with Crippen LogP contribution in [0.4, 0.5) is 0 Å². The molecule has 116 valence electrons. The molecule has 1 fully saturated rings. The van der Waals surface area contributed by atoms with Crippen molar-refractivity contribution in [1.82, 2.24) is 24.7 Å². The van der Waals surface area contributed by atoms with Crippen LogP contribution in [0.25, 0.3) is 22.6 Å². The highest BCUT2D eigenvalue weighted by molar-refractivity contribution is 5.77. The molecule has 4 rings (SSSR count). The molecular weight excluding hydrogens is 288 g/mol. The standard InChI is InChI=1S/C17H18N6/c18-7-5-15(12-3-1-2-4-12)23-10-13(9-22-23)16-14-6-8-19-17(14)21-11-20-16/h6,8-12,15H,1-5H2,(H,19,20,21)/t15-/m0/s1/i1D2,2D2,6D,8D,11D,12D,15D. The Morgan fingerprint density at radius 2 is 2.43 bits per heavy atom. The number of aromatic amines is 1. The maximum atomic E-state index is 9.36. The molecule has 0 aromatic carbocycles. The molecule has 1 aliphatic carbocycles. The molecule has 0 unspecified atom stereocenters. The summed E-state index contributed by atoms with van der Waals surface area (Å²) in [4.78, 5) is 10.4. The molecule has 1 aromatic rings. The van der Waals surface area contributed by atoms with E-state index in [0.29, 0.717) is 0 Å². The Kier molecular flexibility index (Phi) is 1.84. The Hall–Kier alpha value is -2.68. The Morgan fingerprint density at radius 3 is 3.26 bits per heavy atom. The van der Waals surface area contributed by atoms with E-state index in [1.54, 1.807) is 0 Å². The van der Waals surface area contributed by atoms with E-state index in [0.717, 1.165) is 4.68 Å². The first-order valence-electron chi connectivity index (χ1n) is 11.5. The lowest BCUT2D eigenvalue weighted by molar-refractivity contribution is 0.315. The van der Waals surface area contributed by atoms with Crippen molar-refractivity contribution in [3.8, 4) is 28.7 Å². The van der Waals surface area contributed by atoms with Gasteiger partial charge in [0.1, 0.15) is 1.37 Å². The van der Waals surface area contributed by atoms with Crippen molar-refractivity contribution in [2.24, 2.45) is 5.89 Å². The summed E-state index contributed by atoms with van der Waals surface area (Å²) < 4.78 is 74.5. The third-order valence-corrected chi connectivity index (χ3v) is 3.69. The zero-order valence-electron chi connectivity index (χ0n) is 21.0. The van der Waals surface area contributed by atoms with Crippen LogP contribution in [0.3, 0.4) is 0 Å². The van der Waals surface area contributed by atoms with E-state index in [1.165, 1.54) is 12.4 Å². The van der Waals surface area contributed by atoms with Crippen molar-refractivity contribution in [1.29, 1.82) is 5.26 Å². The SMILES string of the molecule is [2H]c1nc2nc([2H])c([2H])c-2c(-c2cnn([C@@]([2H])(CC#N)C3([2H])CC([2H])([2H])C([2H])([2H])C3)c2)[nH]1. The van der Waals surface area contributed by atoms with Crippen molar-refractivity contribution < 1.29 is 12.3 Å². The maximum absolute atomic E-state index is 9.36. The molecule has 0 radical (unpaired) electrons. The molecule has 1 atom stereocenters. The van der Waals surface area contributed by atoms with Gasteiger partial charge in [-0.2, -0.15) is 10.4 Å². The smallest absolute Gasteiger partial charge is 0.162 e. The van der Waals surface area contributed by atoms with Gasteiger partial charge in [0, 0.05) is 30.4 Å². The topological polar surface area (TPSA) is 83.2 Å². The molecule has 6 heteroatoms. The number of H-pyrrole nitrogens is 1. The van der Waals surface area contributed by atoms with Crippen molar-refractivity contribution in [3.63, 3.8) is 0 Å². The number of hydrogen-bond acceptors (Lipinski definition) is 4. The third kappa shape index (κ3) is 2.48. The number of hydrogen-bond donors (Lipinski definition) is 1. The predicted octanol–water partition coefficient (Wildman–Crippen LogP) is 3.42. The Labute approximate surface area is 147 Å². The fourth-order valence-electron chi connectivity index (χ4n) is 2.57.